The van der Waals surface area contributed by atoms with Crippen molar-refractivity contribution >= 4 is 16.9 Å². The van der Waals surface area contributed by atoms with E-state index in [0.29, 0.717) is 12.3 Å². The molecule has 31 heavy (non-hydrogen) atoms. The van der Waals surface area contributed by atoms with Crippen LogP contribution in [0.25, 0.3) is 11.0 Å². The van der Waals surface area contributed by atoms with Crippen molar-refractivity contribution in [3.8, 4) is 0 Å². The number of hydrogen-bond acceptors (Lipinski definition) is 5. The normalized spacial score (nSPS) is 20.5. The number of aromatic amines is 1. The number of aromatic nitrogens is 2. The van der Waals surface area contributed by atoms with Crippen molar-refractivity contribution in [2.75, 3.05) is 32.8 Å². The average Bonchev–Trinajstić information content (AvgIpc) is 3.36. The van der Waals surface area contributed by atoms with Crippen molar-refractivity contribution in [1.29, 1.82) is 0 Å². The highest BCUT2D eigenvalue weighted by Gasteiger charge is 2.33. The van der Waals surface area contributed by atoms with Crippen LogP contribution in [-0.2, 0) is 11.3 Å². The number of imidazole rings is 1. The minimum absolute atomic E-state index is 0.0351. The Morgan fingerprint density at radius 1 is 1.16 bits per heavy atom. The van der Waals surface area contributed by atoms with Gasteiger partial charge in [0.2, 0.25) is 0 Å². The lowest BCUT2D eigenvalue weighted by Gasteiger charge is -2.34. The van der Waals surface area contributed by atoms with Crippen LogP contribution in [0.3, 0.4) is 0 Å². The number of fused-ring (bicyclic) bond motifs is 1. The first-order chi connectivity index (χ1) is 15.1. The number of ether oxygens (including phenoxy) is 1. The Labute approximate surface area is 182 Å². The van der Waals surface area contributed by atoms with Crippen molar-refractivity contribution < 1.29 is 13.9 Å². The molecule has 1 N–H and O–H groups in total. The summed E-state index contributed by atoms with van der Waals surface area (Å²) in [6, 6.07) is 8.16. The van der Waals surface area contributed by atoms with Gasteiger partial charge in [-0.25, -0.2) is 4.98 Å². The molecule has 1 unspecified atom stereocenters. The lowest BCUT2D eigenvalue weighted by Crippen LogP contribution is -2.39. The Kier molecular flexibility index (Phi) is 5.54. The number of aryl methyl sites for hydroxylation is 2. The summed E-state index contributed by atoms with van der Waals surface area (Å²) in [6.07, 6.45) is 3.00. The van der Waals surface area contributed by atoms with Crippen LogP contribution >= 0.6 is 0 Å². The molecular weight excluding hydrogens is 392 g/mol. The second kappa shape index (κ2) is 8.48. The van der Waals surface area contributed by atoms with Crippen molar-refractivity contribution in [3.63, 3.8) is 0 Å². The average molecular weight is 423 g/mol. The molecule has 0 aliphatic carbocycles. The largest absolute Gasteiger partial charge is 0.454 e. The van der Waals surface area contributed by atoms with Gasteiger partial charge in [0, 0.05) is 25.2 Å². The monoisotopic (exact) mass is 422 g/mol. The van der Waals surface area contributed by atoms with Gasteiger partial charge in [-0.15, -0.1) is 0 Å². The highest BCUT2D eigenvalue weighted by molar-refractivity contribution is 5.93. The van der Waals surface area contributed by atoms with E-state index in [9.17, 15) is 4.79 Å². The van der Waals surface area contributed by atoms with E-state index in [1.807, 2.05) is 24.0 Å². The second-order valence-electron chi connectivity index (χ2n) is 8.77. The van der Waals surface area contributed by atoms with Gasteiger partial charge in [0.1, 0.15) is 11.6 Å². The number of morpholine rings is 1. The fourth-order valence-corrected chi connectivity index (χ4v) is 4.71. The number of benzene rings is 1. The standard InChI is InChI=1S/C24H30N4O3/c1-16-6-7-19-20(13-16)26-23(25-19)21-5-3-4-8-28(21)24(29)22-17(2)14-18(31-22)15-27-9-11-30-12-10-27/h6-7,13-14,21H,3-5,8-12,15H2,1-2H3,(H,25,26). The molecule has 2 aliphatic heterocycles. The van der Waals surface area contributed by atoms with Crippen LogP contribution in [0.1, 0.15) is 58.6 Å². The van der Waals surface area contributed by atoms with Crippen molar-refractivity contribution in [1.82, 2.24) is 19.8 Å². The molecule has 1 amide bonds. The number of nitrogens with one attached hydrogen (secondary N) is 1. The maximum Gasteiger partial charge on any atom is 0.290 e. The molecule has 2 aliphatic rings. The summed E-state index contributed by atoms with van der Waals surface area (Å²) in [6.45, 7) is 8.75. The number of piperidine rings is 1. The maximum atomic E-state index is 13.5. The number of likely N-dealkylation sites (tertiary alicyclic amines) is 1. The van der Waals surface area contributed by atoms with E-state index < -0.39 is 0 Å². The number of rotatable bonds is 4. The molecule has 164 valence electrons. The van der Waals surface area contributed by atoms with E-state index in [1.165, 1.54) is 5.56 Å². The molecule has 5 rings (SSSR count). The molecule has 2 aromatic heterocycles. The highest BCUT2D eigenvalue weighted by atomic mass is 16.5. The number of carbonyl (C=O) groups excluding carboxylic acids is 1. The van der Waals surface area contributed by atoms with Gasteiger partial charge in [-0.3, -0.25) is 9.69 Å². The van der Waals surface area contributed by atoms with Crippen LogP contribution in [0.15, 0.2) is 28.7 Å². The molecule has 7 heteroatoms. The first-order valence-electron chi connectivity index (χ1n) is 11.2. The summed E-state index contributed by atoms with van der Waals surface area (Å²) >= 11 is 0. The first kappa shape index (κ1) is 20.3. The van der Waals surface area contributed by atoms with Crippen LogP contribution in [0.4, 0.5) is 0 Å². The maximum absolute atomic E-state index is 13.5. The third-order valence-corrected chi connectivity index (χ3v) is 6.38. The Hall–Kier alpha value is -2.64. The zero-order valence-electron chi connectivity index (χ0n) is 18.3. The summed E-state index contributed by atoms with van der Waals surface area (Å²) in [4.78, 5) is 26.1. The SMILES string of the molecule is Cc1ccc2nc(C3CCCCN3C(=O)c3oc(CN4CCOCC4)cc3C)[nH]c2c1. The summed E-state index contributed by atoms with van der Waals surface area (Å²) in [7, 11) is 0. The van der Waals surface area contributed by atoms with E-state index >= 15 is 0 Å². The van der Waals surface area contributed by atoms with Crippen LogP contribution in [0.5, 0.6) is 0 Å². The predicted octanol–water partition coefficient (Wildman–Crippen LogP) is 3.97. The second-order valence-corrected chi connectivity index (χ2v) is 8.77. The fourth-order valence-electron chi connectivity index (χ4n) is 4.71. The van der Waals surface area contributed by atoms with E-state index in [4.69, 9.17) is 14.1 Å². The molecular formula is C24H30N4O3. The number of carbonyl (C=O) groups is 1. The minimum Gasteiger partial charge on any atom is -0.454 e. The van der Waals surface area contributed by atoms with Crippen LogP contribution < -0.4 is 0 Å². The van der Waals surface area contributed by atoms with Gasteiger partial charge in [0.05, 0.1) is 36.8 Å². The number of H-pyrrole nitrogens is 1. The molecule has 1 aromatic carbocycles. The van der Waals surface area contributed by atoms with Crippen LogP contribution in [0, 0.1) is 13.8 Å². The van der Waals surface area contributed by atoms with E-state index in [2.05, 4.69) is 28.9 Å². The van der Waals surface area contributed by atoms with Crippen LogP contribution in [0.2, 0.25) is 0 Å². The van der Waals surface area contributed by atoms with Gasteiger partial charge in [0.25, 0.3) is 5.91 Å². The lowest BCUT2D eigenvalue weighted by molar-refractivity contribution is 0.0307. The van der Waals surface area contributed by atoms with E-state index in [1.54, 1.807) is 0 Å². The molecule has 1 atom stereocenters. The van der Waals surface area contributed by atoms with Crippen LogP contribution in [-0.4, -0.2) is 58.5 Å². The molecule has 4 heterocycles. The molecule has 0 saturated carbocycles. The Morgan fingerprint density at radius 2 is 2.00 bits per heavy atom. The Morgan fingerprint density at radius 3 is 2.84 bits per heavy atom. The molecule has 7 nitrogen and oxygen atoms in total. The number of amides is 1. The van der Waals surface area contributed by atoms with Crippen molar-refractivity contribution in [2.45, 2.75) is 45.7 Å². The summed E-state index contributed by atoms with van der Waals surface area (Å²) in [5.41, 5.74) is 4.06. The summed E-state index contributed by atoms with van der Waals surface area (Å²) in [5, 5.41) is 0. The third-order valence-electron chi connectivity index (χ3n) is 6.38. The van der Waals surface area contributed by atoms with Gasteiger partial charge in [-0.05, 0) is 56.9 Å². The van der Waals surface area contributed by atoms with Gasteiger partial charge in [-0.2, -0.15) is 0 Å². The fraction of sp³-hybridized carbons (Fsp3) is 0.500. The summed E-state index contributed by atoms with van der Waals surface area (Å²) in [5.74, 6) is 2.14. The molecule has 0 radical (unpaired) electrons. The smallest absolute Gasteiger partial charge is 0.290 e. The Bertz CT molecular complexity index is 1080. The number of nitrogens with zero attached hydrogens (tertiary/aromatic N) is 3. The highest BCUT2D eigenvalue weighted by Crippen LogP contribution is 2.33. The van der Waals surface area contributed by atoms with Gasteiger partial charge >= 0.3 is 0 Å². The molecule has 0 spiro atoms. The zero-order valence-corrected chi connectivity index (χ0v) is 18.3. The van der Waals surface area contributed by atoms with Crippen molar-refractivity contribution in [2.24, 2.45) is 0 Å². The molecule has 0 bridgehead atoms. The Balaban J connectivity index is 1.38. The topological polar surface area (TPSA) is 74.6 Å². The lowest BCUT2D eigenvalue weighted by atomic mass is 10.0. The van der Waals surface area contributed by atoms with Gasteiger partial charge in [-0.1, -0.05) is 6.07 Å². The predicted molar refractivity (Wildman–Crippen MR) is 118 cm³/mol. The third kappa shape index (κ3) is 4.12. The van der Waals surface area contributed by atoms with Gasteiger partial charge < -0.3 is 19.0 Å². The van der Waals surface area contributed by atoms with Gasteiger partial charge in [0.15, 0.2) is 5.76 Å². The minimum atomic E-state index is -0.0545. The zero-order chi connectivity index (χ0) is 21.4. The molecule has 3 aromatic rings. The summed E-state index contributed by atoms with van der Waals surface area (Å²) < 4.78 is 11.5. The quantitative estimate of drug-likeness (QED) is 0.689. The number of hydrogen-bond donors (Lipinski definition) is 1. The number of furan rings is 1. The van der Waals surface area contributed by atoms with E-state index in [0.717, 1.165) is 80.3 Å². The molecule has 2 saturated heterocycles. The van der Waals surface area contributed by atoms with Crippen molar-refractivity contribution in [3.05, 3.63) is 52.7 Å². The first-order valence-corrected chi connectivity index (χ1v) is 11.2. The molecule has 2 fully saturated rings. The van der Waals surface area contributed by atoms with E-state index in [-0.39, 0.29) is 11.9 Å².